The molecular formula is C16H23N3O. The molecule has 2 heterocycles. The Morgan fingerprint density at radius 1 is 1.50 bits per heavy atom. The summed E-state index contributed by atoms with van der Waals surface area (Å²) >= 11 is 0. The smallest absolute Gasteiger partial charge is 0.251 e. The topological polar surface area (TPSA) is 44.4 Å². The Morgan fingerprint density at radius 2 is 2.40 bits per heavy atom. The number of fused-ring (bicyclic) bond motifs is 1. The van der Waals surface area contributed by atoms with E-state index in [4.69, 9.17) is 0 Å². The molecule has 1 fully saturated rings. The van der Waals surface area contributed by atoms with Gasteiger partial charge in [-0.15, -0.1) is 0 Å². The molecule has 0 radical (unpaired) electrons. The molecule has 2 aliphatic heterocycles. The van der Waals surface area contributed by atoms with Gasteiger partial charge in [0.15, 0.2) is 0 Å². The predicted octanol–water partition coefficient (Wildman–Crippen LogP) is 1.73. The summed E-state index contributed by atoms with van der Waals surface area (Å²) in [5.41, 5.74) is 3.23. The minimum absolute atomic E-state index is 0.0645. The van der Waals surface area contributed by atoms with Crippen molar-refractivity contribution < 1.29 is 4.79 Å². The first-order valence-corrected chi connectivity index (χ1v) is 7.63. The Balaban J connectivity index is 1.54. The van der Waals surface area contributed by atoms with Crippen molar-refractivity contribution in [3.05, 3.63) is 29.3 Å². The van der Waals surface area contributed by atoms with E-state index in [-0.39, 0.29) is 5.91 Å². The van der Waals surface area contributed by atoms with Crippen LogP contribution in [0.25, 0.3) is 0 Å². The lowest BCUT2D eigenvalue weighted by Gasteiger charge is -2.14. The molecule has 0 bridgehead atoms. The maximum atomic E-state index is 12.2. The molecular weight excluding hydrogens is 250 g/mol. The molecule has 1 aromatic rings. The van der Waals surface area contributed by atoms with E-state index < -0.39 is 0 Å². The quantitative estimate of drug-likeness (QED) is 0.878. The summed E-state index contributed by atoms with van der Waals surface area (Å²) in [7, 11) is 0. The largest absolute Gasteiger partial charge is 0.384 e. The molecule has 1 saturated heterocycles. The summed E-state index contributed by atoms with van der Waals surface area (Å²) in [6, 6.07) is 5.96. The number of nitrogens with one attached hydrogen (secondary N) is 2. The second-order valence-electron chi connectivity index (χ2n) is 5.81. The zero-order chi connectivity index (χ0) is 13.9. The second kappa shape index (κ2) is 5.83. The molecule has 3 rings (SSSR count). The van der Waals surface area contributed by atoms with Crippen LogP contribution in [-0.2, 0) is 6.42 Å². The van der Waals surface area contributed by atoms with Gasteiger partial charge in [-0.25, -0.2) is 0 Å². The number of nitrogens with zero attached hydrogens (tertiary/aromatic N) is 1. The highest BCUT2D eigenvalue weighted by Crippen LogP contribution is 2.23. The fourth-order valence-electron chi connectivity index (χ4n) is 3.15. The van der Waals surface area contributed by atoms with E-state index in [2.05, 4.69) is 22.5 Å². The van der Waals surface area contributed by atoms with Crippen LogP contribution >= 0.6 is 0 Å². The van der Waals surface area contributed by atoms with Crippen LogP contribution < -0.4 is 10.6 Å². The van der Waals surface area contributed by atoms with Crippen LogP contribution in [0.15, 0.2) is 18.2 Å². The highest BCUT2D eigenvalue weighted by Gasteiger charge is 2.21. The van der Waals surface area contributed by atoms with Gasteiger partial charge in [0.05, 0.1) is 0 Å². The van der Waals surface area contributed by atoms with Crippen molar-refractivity contribution >= 4 is 11.6 Å². The average molecular weight is 273 g/mol. The third-order valence-electron chi connectivity index (χ3n) is 4.45. The lowest BCUT2D eigenvalue weighted by molar-refractivity contribution is 0.0947. The summed E-state index contributed by atoms with van der Waals surface area (Å²) in [6.45, 7) is 7.37. The Bertz CT molecular complexity index is 500. The van der Waals surface area contributed by atoms with Crippen molar-refractivity contribution in [2.75, 3.05) is 38.0 Å². The van der Waals surface area contributed by atoms with E-state index >= 15 is 0 Å². The molecule has 2 N–H and O–H groups in total. The fraction of sp³-hybridized carbons (Fsp3) is 0.562. The zero-order valence-electron chi connectivity index (χ0n) is 12.1. The van der Waals surface area contributed by atoms with Gasteiger partial charge in [-0.2, -0.15) is 0 Å². The third kappa shape index (κ3) is 2.80. The van der Waals surface area contributed by atoms with Crippen molar-refractivity contribution in [2.45, 2.75) is 19.8 Å². The monoisotopic (exact) mass is 273 g/mol. The number of hydrogen-bond acceptors (Lipinski definition) is 3. The van der Waals surface area contributed by atoms with Crippen LogP contribution in [0.4, 0.5) is 5.69 Å². The molecule has 4 nitrogen and oxygen atoms in total. The molecule has 0 saturated carbocycles. The van der Waals surface area contributed by atoms with Crippen LogP contribution in [0.2, 0.25) is 0 Å². The van der Waals surface area contributed by atoms with Crippen LogP contribution in [0.3, 0.4) is 0 Å². The molecule has 0 unspecified atom stereocenters. The highest BCUT2D eigenvalue weighted by atomic mass is 16.1. The normalized spacial score (nSPS) is 21.6. The van der Waals surface area contributed by atoms with Gasteiger partial charge in [-0.05, 0) is 55.6 Å². The van der Waals surface area contributed by atoms with Gasteiger partial charge in [0, 0.05) is 30.9 Å². The lowest BCUT2D eigenvalue weighted by atomic mass is 10.1. The number of rotatable bonds is 4. The van der Waals surface area contributed by atoms with E-state index in [1.165, 1.54) is 24.2 Å². The van der Waals surface area contributed by atoms with Crippen LogP contribution in [0.5, 0.6) is 0 Å². The molecule has 4 heteroatoms. The van der Waals surface area contributed by atoms with Gasteiger partial charge in [0.25, 0.3) is 5.91 Å². The van der Waals surface area contributed by atoms with E-state index in [0.29, 0.717) is 5.92 Å². The number of carbonyl (C=O) groups excluding carboxylic acids is 1. The van der Waals surface area contributed by atoms with Crippen molar-refractivity contribution in [2.24, 2.45) is 5.92 Å². The Labute approximate surface area is 120 Å². The van der Waals surface area contributed by atoms with Crippen LogP contribution in [-0.4, -0.2) is 43.5 Å². The molecule has 108 valence electrons. The summed E-state index contributed by atoms with van der Waals surface area (Å²) in [4.78, 5) is 14.6. The first kappa shape index (κ1) is 13.4. The van der Waals surface area contributed by atoms with E-state index in [1.54, 1.807) is 0 Å². The van der Waals surface area contributed by atoms with Crippen molar-refractivity contribution in [3.8, 4) is 0 Å². The molecule has 1 amide bonds. The number of carbonyl (C=O) groups is 1. The highest BCUT2D eigenvalue weighted by molar-refractivity contribution is 5.95. The summed E-state index contributed by atoms with van der Waals surface area (Å²) in [5.74, 6) is 0.671. The van der Waals surface area contributed by atoms with Crippen LogP contribution in [0.1, 0.15) is 29.3 Å². The number of benzene rings is 1. The second-order valence-corrected chi connectivity index (χ2v) is 5.81. The van der Waals surface area contributed by atoms with Gasteiger partial charge < -0.3 is 15.5 Å². The van der Waals surface area contributed by atoms with Crippen molar-refractivity contribution in [3.63, 3.8) is 0 Å². The predicted molar refractivity (Wildman–Crippen MR) is 81.2 cm³/mol. The molecule has 0 spiro atoms. The molecule has 1 aromatic carbocycles. The molecule has 1 atom stereocenters. The zero-order valence-corrected chi connectivity index (χ0v) is 12.1. The number of anilines is 1. The molecule has 0 aliphatic carbocycles. The fourth-order valence-corrected chi connectivity index (χ4v) is 3.15. The summed E-state index contributed by atoms with van der Waals surface area (Å²) in [6.07, 6.45) is 2.22. The van der Waals surface area contributed by atoms with E-state index in [0.717, 1.165) is 38.2 Å². The Morgan fingerprint density at radius 3 is 3.20 bits per heavy atom. The van der Waals surface area contributed by atoms with E-state index in [1.807, 2.05) is 18.2 Å². The standard InChI is InChI=1S/C16H23N3O/c1-2-19-8-6-12(11-19)10-18-16(20)14-3-4-15-13(9-14)5-7-17-15/h3-4,9,12,17H,2,5-8,10-11H2,1H3,(H,18,20)/t12-/m1/s1. The number of amides is 1. The van der Waals surface area contributed by atoms with Gasteiger partial charge in [-0.3, -0.25) is 4.79 Å². The third-order valence-corrected chi connectivity index (χ3v) is 4.45. The first-order valence-electron chi connectivity index (χ1n) is 7.63. The minimum Gasteiger partial charge on any atom is -0.384 e. The first-order chi connectivity index (χ1) is 9.76. The lowest BCUT2D eigenvalue weighted by Crippen LogP contribution is -2.31. The van der Waals surface area contributed by atoms with Gasteiger partial charge >= 0.3 is 0 Å². The molecule has 20 heavy (non-hydrogen) atoms. The van der Waals surface area contributed by atoms with E-state index in [9.17, 15) is 4.79 Å². The maximum absolute atomic E-state index is 12.2. The molecule has 0 aromatic heterocycles. The van der Waals surface area contributed by atoms with Crippen molar-refractivity contribution in [1.82, 2.24) is 10.2 Å². The van der Waals surface area contributed by atoms with Gasteiger partial charge in [0.2, 0.25) is 0 Å². The Kier molecular flexibility index (Phi) is 3.92. The SMILES string of the molecule is CCN1CC[C@H](CNC(=O)c2ccc3c(c2)CCN3)C1. The Hall–Kier alpha value is -1.55. The summed E-state index contributed by atoms with van der Waals surface area (Å²) < 4.78 is 0. The average Bonchev–Trinajstić information content (AvgIpc) is 3.12. The number of hydrogen-bond donors (Lipinski definition) is 2. The van der Waals surface area contributed by atoms with Crippen LogP contribution in [0, 0.1) is 5.92 Å². The summed E-state index contributed by atoms with van der Waals surface area (Å²) in [5, 5.41) is 6.41. The van der Waals surface area contributed by atoms with Gasteiger partial charge in [-0.1, -0.05) is 6.92 Å². The molecule has 2 aliphatic rings. The van der Waals surface area contributed by atoms with Gasteiger partial charge in [0.1, 0.15) is 0 Å². The van der Waals surface area contributed by atoms with Crippen molar-refractivity contribution in [1.29, 1.82) is 0 Å². The minimum atomic E-state index is 0.0645. The number of likely N-dealkylation sites (tertiary alicyclic amines) is 1. The maximum Gasteiger partial charge on any atom is 0.251 e.